The van der Waals surface area contributed by atoms with Crippen molar-refractivity contribution in [2.24, 2.45) is 10.2 Å². The number of aliphatic hydroxyl groups is 1. The third-order valence-electron chi connectivity index (χ3n) is 3.65. The lowest BCUT2D eigenvalue weighted by atomic mass is 10.1. The zero-order valence-electron chi connectivity index (χ0n) is 13.2. The van der Waals surface area contributed by atoms with E-state index in [2.05, 4.69) is 10.2 Å². The van der Waals surface area contributed by atoms with Gasteiger partial charge in [-0.3, -0.25) is 0 Å². The summed E-state index contributed by atoms with van der Waals surface area (Å²) in [6, 6.07) is 16.6. The van der Waals surface area contributed by atoms with Crippen LogP contribution in [-0.4, -0.2) is 31.0 Å². The molecule has 3 aromatic carbocycles. The first-order valence-electron chi connectivity index (χ1n) is 7.57. The first-order valence-corrected chi connectivity index (χ1v) is 9.22. The lowest BCUT2D eigenvalue weighted by molar-refractivity contribution is 0.319. The van der Waals surface area contributed by atoms with E-state index in [4.69, 9.17) is 5.11 Å². The third-order valence-corrected chi connectivity index (χ3v) is 5.36. The molecule has 7 heteroatoms. The smallest absolute Gasteiger partial charge is 0.180 e. The Bertz CT molecular complexity index is 1030. The number of rotatable bonds is 5. The molecular formula is C18H16N2O4S. The number of sulfone groups is 1. The van der Waals surface area contributed by atoms with Crippen molar-refractivity contribution < 1.29 is 18.6 Å². The highest BCUT2D eigenvalue weighted by molar-refractivity contribution is 7.91. The highest BCUT2D eigenvalue weighted by Crippen LogP contribution is 2.32. The molecule has 0 radical (unpaired) electrons. The quantitative estimate of drug-likeness (QED) is 0.680. The van der Waals surface area contributed by atoms with Crippen LogP contribution in [0.5, 0.6) is 5.75 Å². The highest BCUT2D eigenvalue weighted by Gasteiger charge is 2.13. The lowest BCUT2D eigenvalue weighted by Gasteiger charge is -2.03. The predicted molar refractivity (Wildman–Crippen MR) is 95.4 cm³/mol. The van der Waals surface area contributed by atoms with Crippen molar-refractivity contribution >= 4 is 32.0 Å². The first-order chi connectivity index (χ1) is 12.0. The zero-order chi connectivity index (χ0) is 17.9. The maximum atomic E-state index is 11.9. The topological polar surface area (TPSA) is 99.3 Å². The van der Waals surface area contributed by atoms with Gasteiger partial charge in [-0.25, -0.2) is 8.42 Å². The van der Waals surface area contributed by atoms with Gasteiger partial charge in [0.1, 0.15) is 5.75 Å². The van der Waals surface area contributed by atoms with Crippen molar-refractivity contribution in [3.8, 4) is 5.75 Å². The van der Waals surface area contributed by atoms with Gasteiger partial charge >= 0.3 is 0 Å². The molecule has 0 aliphatic rings. The fourth-order valence-corrected chi connectivity index (χ4v) is 3.45. The Morgan fingerprint density at radius 2 is 1.64 bits per heavy atom. The minimum absolute atomic E-state index is 0.0955. The molecular weight excluding hydrogens is 340 g/mol. The average Bonchev–Trinajstić information content (AvgIpc) is 2.60. The van der Waals surface area contributed by atoms with Gasteiger partial charge in [0.15, 0.2) is 9.84 Å². The molecule has 0 bridgehead atoms. The molecule has 0 aromatic heterocycles. The largest absolute Gasteiger partial charge is 0.508 e. The molecule has 0 spiro atoms. The van der Waals surface area contributed by atoms with Gasteiger partial charge < -0.3 is 10.2 Å². The SMILES string of the molecule is O=S(=O)(CCO)c1ccc(N=Nc2cc(O)cc3ccccc23)cc1. The van der Waals surface area contributed by atoms with E-state index in [9.17, 15) is 13.5 Å². The van der Waals surface area contributed by atoms with E-state index in [0.717, 1.165) is 10.8 Å². The van der Waals surface area contributed by atoms with Crippen LogP contribution in [-0.2, 0) is 9.84 Å². The normalized spacial score (nSPS) is 12.0. The zero-order valence-corrected chi connectivity index (χ0v) is 14.0. The molecule has 0 amide bonds. The lowest BCUT2D eigenvalue weighted by Crippen LogP contribution is -2.09. The molecule has 25 heavy (non-hydrogen) atoms. The van der Waals surface area contributed by atoms with Gasteiger partial charge in [-0.05, 0) is 35.7 Å². The standard InChI is InChI=1S/C18H16N2O4S/c21-9-10-25(23,24)16-7-5-14(6-8-16)19-20-18-12-15(22)11-13-3-1-2-4-17(13)18/h1-8,11-12,21-22H,9-10H2. The number of hydrogen-bond acceptors (Lipinski definition) is 6. The van der Waals surface area contributed by atoms with Crippen LogP contribution < -0.4 is 0 Å². The van der Waals surface area contributed by atoms with Gasteiger partial charge in [0.2, 0.25) is 0 Å². The Morgan fingerprint density at radius 1 is 0.920 bits per heavy atom. The number of benzene rings is 3. The summed E-state index contributed by atoms with van der Waals surface area (Å²) >= 11 is 0. The molecule has 0 heterocycles. The minimum Gasteiger partial charge on any atom is -0.508 e. The molecule has 0 unspecified atom stereocenters. The maximum absolute atomic E-state index is 11.9. The average molecular weight is 356 g/mol. The van der Waals surface area contributed by atoms with Crippen molar-refractivity contribution in [1.82, 2.24) is 0 Å². The van der Waals surface area contributed by atoms with E-state index < -0.39 is 16.4 Å². The summed E-state index contributed by atoms with van der Waals surface area (Å²) < 4.78 is 23.7. The number of phenols is 1. The summed E-state index contributed by atoms with van der Waals surface area (Å²) in [5.74, 6) is -0.221. The van der Waals surface area contributed by atoms with Crippen LogP contribution in [0, 0.1) is 0 Å². The van der Waals surface area contributed by atoms with Crippen LogP contribution in [0.25, 0.3) is 10.8 Å². The van der Waals surface area contributed by atoms with E-state index in [-0.39, 0.29) is 16.4 Å². The summed E-state index contributed by atoms with van der Waals surface area (Å²) in [5, 5.41) is 28.6. The molecule has 0 atom stereocenters. The fraction of sp³-hybridized carbons (Fsp3) is 0.111. The van der Waals surface area contributed by atoms with Crippen molar-refractivity contribution in [3.05, 3.63) is 60.7 Å². The molecule has 0 fully saturated rings. The van der Waals surface area contributed by atoms with Crippen LogP contribution in [0.15, 0.2) is 75.8 Å². The molecule has 3 rings (SSSR count). The van der Waals surface area contributed by atoms with E-state index in [1.807, 2.05) is 24.3 Å². The minimum atomic E-state index is -3.48. The molecule has 3 aromatic rings. The number of hydrogen-bond donors (Lipinski definition) is 2. The van der Waals surface area contributed by atoms with E-state index in [1.54, 1.807) is 18.2 Å². The maximum Gasteiger partial charge on any atom is 0.180 e. The van der Waals surface area contributed by atoms with Gasteiger partial charge in [-0.1, -0.05) is 24.3 Å². The molecule has 0 saturated heterocycles. The number of nitrogens with zero attached hydrogens (tertiary/aromatic N) is 2. The highest BCUT2D eigenvalue weighted by atomic mass is 32.2. The Hall–Kier alpha value is -2.77. The predicted octanol–water partition coefficient (Wildman–Crippen LogP) is 3.73. The van der Waals surface area contributed by atoms with E-state index in [0.29, 0.717) is 11.4 Å². The summed E-state index contributed by atoms with van der Waals surface area (Å²) in [5.41, 5.74) is 1.00. The number of fused-ring (bicyclic) bond motifs is 1. The molecule has 128 valence electrons. The second-order valence-corrected chi connectivity index (χ2v) is 7.53. The van der Waals surface area contributed by atoms with Crippen LogP contribution in [0.1, 0.15) is 0 Å². The van der Waals surface area contributed by atoms with Crippen molar-refractivity contribution in [1.29, 1.82) is 0 Å². The van der Waals surface area contributed by atoms with Crippen LogP contribution in [0.3, 0.4) is 0 Å². The third kappa shape index (κ3) is 3.84. The molecule has 6 nitrogen and oxygen atoms in total. The number of aromatic hydroxyl groups is 1. The molecule has 2 N–H and O–H groups in total. The Kier molecular flexibility index (Phi) is 4.78. The van der Waals surface area contributed by atoms with Crippen LogP contribution >= 0.6 is 0 Å². The fourth-order valence-electron chi connectivity index (χ4n) is 2.43. The molecule has 0 aliphatic carbocycles. The summed E-state index contributed by atoms with van der Waals surface area (Å²) in [7, 11) is -3.48. The number of aliphatic hydroxyl groups excluding tert-OH is 1. The molecule has 0 aliphatic heterocycles. The second-order valence-electron chi connectivity index (χ2n) is 5.42. The summed E-state index contributed by atoms with van der Waals surface area (Å²) in [6.45, 7) is -0.422. The Labute approximate surface area is 145 Å². The van der Waals surface area contributed by atoms with Crippen molar-refractivity contribution in [2.45, 2.75) is 4.90 Å². The van der Waals surface area contributed by atoms with Gasteiger partial charge in [-0.15, -0.1) is 5.11 Å². The van der Waals surface area contributed by atoms with Gasteiger partial charge in [0.25, 0.3) is 0 Å². The van der Waals surface area contributed by atoms with E-state index >= 15 is 0 Å². The second kappa shape index (κ2) is 7.00. The van der Waals surface area contributed by atoms with E-state index in [1.165, 1.54) is 18.2 Å². The van der Waals surface area contributed by atoms with Crippen LogP contribution in [0.4, 0.5) is 11.4 Å². The summed E-state index contributed by atoms with van der Waals surface area (Å²) in [4.78, 5) is 0.128. The van der Waals surface area contributed by atoms with Gasteiger partial charge in [0.05, 0.1) is 28.6 Å². The van der Waals surface area contributed by atoms with Crippen molar-refractivity contribution in [3.63, 3.8) is 0 Å². The molecule has 0 saturated carbocycles. The Morgan fingerprint density at radius 3 is 2.36 bits per heavy atom. The monoisotopic (exact) mass is 356 g/mol. The van der Waals surface area contributed by atoms with Crippen LogP contribution in [0.2, 0.25) is 0 Å². The number of phenolic OH excluding ortho intramolecular Hbond substituents is 1. The van der Waals surface area contributed by atoms with Gasteiger partial charge in [0, 0.05) is 11.5 Å². The van der Waals surface area contributed by atoms with Crippen molar-refractivity contribution in [2.75, 3.05) is 12.4 Å². The Balaban J connectivity index is 1.91. The number of azo groups is 1. The first kappa shape index (κ1) is 17.1. The van der Waals surface area contributed by atoms with Gasteiger partial charge in [-0.2, -0.15) is 5.11 Å². The summed E-state index contributed by atoms with van der Waals surface area (Å²) in [6.07, 6.45) is 0.